The highest BCUT2D eigenvalue weighted by Crippen LogP contribution is 2.43. The molecule has 120 valence electrons. The van der Waals surface area contributed by atoms with Gasteiger partial charge in [0.2, 0.25) is 0 Å². The van der Waals surface area contributed by atoms with Gasteiger partial charge >= 0.3 is 0 Å². The quantitative estimate of drug-likeness (QED) is 0.796. The number of benzene rings is 2. The van der Waals surface area contributed by atoms with E-state index in [1.54, 1.807) is 13.4 Å². The molecule has 0 bridgehead atoms. The summed E-state index contributed by atoms with van der Waals surface area (Å²) in [5, 5.41) is 3.01. The van der Waals surface area contributed by atoms with Gasteiger partial charge in [0.05, 0.1) is 30.3 Å². The molecule has 0 spiro atoms. The number of hydrogen-bond donors (Lipinski definition) is 1. The molecule has 2 aromatic carbocycles. The second-order valence-electron chi connectivity index (χ2n) is 5.45. The van der Waals surface area contributed by atoms with Crippen molar-refractivity contribution in [2.24, 2.45) is 0 Å². The standard InChI is InChI=1S/C19H16N2O3/c1-23-16-10-5-4-9-15(16)21-14-8-3-2-7-13(14)19(22)20-18(21)17-11-6-12-24-17/h2-12,18H,1H3,(H,20,22). The third kappa shape index (κ3) is 2.22. The molecule has 24 heavy (non-hydrogen) atoms. The molecule has 5 heteroatoms. The lowest BCUT2D eigenvalue weighted by Crippen LogP contribution is -2.44. The molecule has 1 aromatic heterocycles. The topological polar surface area (TPSA) is 54.7 Å². The molecule has 4 rings (SSSR count). The van der Waals surface area contributed by atoms with E-state index in [0.29, 0.717) is 11.3 Å². The van der Waals surface area contributed by atoms with E-state index in [4.69, 9.17) is 9.15 Å². The Hall–Kier alpha value is -3.21. The molecule has 1 atom stereocenters. The molecule has 0 saturated heterocycles. The molecule has 0 saturated carbocycles. The number of furan rings is 1. The van der Waals surface area contributed by atoms with Gasteiger partial charge in [0.1, 0.15) is 11.5 Å². The second-order valence-corrected chi connectivity index (χ2v) is 5.45. The number of fused-ring (bicyclic) bond motifs is 1. The van der Waals surface area contributed by atoms with E-state index in [1.807, 2.05) is 65.6 Å². The monoisotopic (exact) mass is 320 g/mol. The van der Waals surface area contributed by atoms with Gasteiger partial charge in [-0.1, -0.05) is 24.3 Å². The predicted molar refractivity (Wildman–Crippen MR) is 90.5 cm³/mol. The number of hydrogen-bond acceptors (Lipinski definition) is 4. The third-order valence-corrected chi connectivity index (χ3v) is 4.09. The Kier molecular flexibility index (Phi) is 3.46. The summed E-state index contributed by atoms with van der Waals surface area (Å²) < 4.78 is 11.1. The van der Waals surface area contributed by atoms with Crippen LogP contribution < -0.4 is 15.0 Å². The molecule has 1 aliphatic heterocycles. The lowest BCUT2D eigenvalue weighted by Gasteiger charge is -2.38. The maximum absolute atomic E-state index is 12.5. The summed E-state index contributed by atoms with van der Waals surface area (Å²) in [6.45, 7) is 0. The van der Waals surface area contributed by atoms with Gasteiger partial charge in [0.15, 0.2) is 6.17 Å². The van der Waals surface area contributed by atoms with Gasteiger partial charge in [-0.2, -0.15) is 0 Å². The lowest BCUT2D eigenvalue weighted by atomic mass is 10.0. The number of nitrogens with one attached hydrogen (secondary N) is 1. The van der Waals surface area contributed by atoms with Crippen LogP contribution >= 0.6 is 0 Å². The summed E-state index contributed by atoms with van der Waals surface area (Å²) in [6, 6.07) is 18.9. The molecule has 1 unspecified atom stereocenters. The Morgan fingerprint density at radius 2 is 1.75 bits per heavy atom. The molecular formula is C19H16N2O3. The maximum atomic E-state index is 12.5. The van der Waals surface area contributed by atoms with Crippen LogP contribution in [0.25, 0.3) is 0 Å². The van der Waals surface area contributed by atoms with Crippen LogP contribution in [0.4, 0.5) is 11.4 Å². The minimum atomic E-state index is -0.446. The van der Waals surface area contributed by atoms with E-state index in [1.165, 1.54) is 0 Å². The van der Waals surface area contributed by atoms with E-state index in [9.17, 15) is 4.79 Å². The number of ether oxygens (including phenoxy) is 1. The Bertz CT molecular complexity index is 874. The number of amides is 1. The smallest absolute Gasteiger partial charge is 0.255 e. The average Bonchev–Trinajstić information content (AvgIpc) is 3.16. The zero-order valence-electron chi connectivity index (χ0n) is 13.1. The van der Waals surface area contributed by atoms with E-state index >= 15 is 0 Å². The number of anilines is 2. The first-order valence-electron chi connectivity index (χ1n) is 7.65. The van der Waals surface area contributed by atoms with Gasteiger partial charge < -0.3 is 19.4 Å². The zero-order valence-corrected chi connectivity index (χ0v) is 13.1. The first-order chi connectivity index (χ1) is 11.8. The van der Waals surface area contributed by atoms with E-state index in [0.717, 1.165) is 17.1 Å². The molecule has 1 N–H and O–H groups in total. The van der Waals surface area contributed by atoms with Crippen LogP contribution in [-0.4, -0.2) is 13.0 Å². The summed E-state index contributed by atoms with van der Waals surface area (Å²) >= 11 is 0. The Balaban J connectivity index is 1.94. The molecule has 3 aromatic rings. The minimum absolute atomic E-state index is 0.127. The molecule has 0 aliphatic carbocycles. The molecule has 0 fully saturated rings. The molecule has 1 aliphatic rings. The van der Waals surface area contributed by atoms with Gasteiger partial charge in [-0.15, -0.1) is 0 Å². The van der Waals surface area contributed by atoms with Crippen molar-refractivity contribution in [3.05, 3.63) is 78.3 Å². The van der Waals surface area contributed by atoms with Crippen LogP contribution in [0.3, 0.4) is 0 Å². The highest BCUT2D eigenvalue weighted by Gasteiger charge is 2.35. The van der Waals surface area contributed by atoms with Crippen molar-refractivity contribution in [2.45, 2.75) is 6.17 Å². The number of carbonyl (C=O) groups is 1. The number of rotatable bonds is 3. The van der Waals surface area contributed by atoms with E-state index in [2.05, 4.69) is 5.32 Å². The van der Waals surface area contributed by atoms with Crippen molar-refractivity contribution in [1.29, 1.82) is 0 Å². The van der Waals surface area contributed by atoms with Gasteiger partial charge in [-0.3, -0.25) is 4.79 Å². The summed E-state index contributed by atoms with van der Waals surface area (Å²) in [5.74, 6) is 1.25. The van der Waals surface area contributed by atoms with Crippen molar-refractivity contribution >= 4 is 17.3 Å². The summed E-state index contributed by atoms with van der Waals surface area (Å²) in [7, 11) is 1.63. The van der Waals surface area contributed by atoms with Gasteiger partial charge in [-0.25, -0.2) is 0 Å². The van der Waals surface area contributed by atoms with Crippen molar-refractivity contribution in [3.8, 4) is 5.75 Å². The molecule has 0 radical (unpaired) electrons. The highest BCUT2D eigenvalue weighted by atomic mass is 16.5. The number of nitrogens with zero attached hydrogens (tertiary/aromatic N) is 1. The number of para-hydroxylation sites is 3. The fraction of sp³-hybridized carbons (Fsp3) is 0.105. The van der Waals surface area contributed by atoms with Crippen LogP contribution in [0.2, 0.25) is 0 Å². The van der Waals surface area contributed by atoms with Crippen molar-refractivity contribution in [2.75, 3.05) is 12.0 Å². The SMILES string of the molecule is COc1ccccc1N1c2ccccc2C(=O)NC1c1ccco1. The van der Waals surface area contributed by atoms with Crippen LogP contribution in [0, 0.1) is 0 Å². The highest BCUT2D eigenvalue weighted by molar-refractivity contribution is 6.03. The summed E-state index contributed by atoms with van der Waals surface area (Å²) in [6.07, 6.45) is 1.15. The first kappa shape index (κ1) is 14.4. The molecular weight excluding hydrogens is 304 g/mol. The Morgan fingerprint density at radius 3 is 2.50 bits per heavy atom. The molecule has 1 amide bonds. The Labute approximate surface area is 139 Å². The fourth-order valence-electron chi connectivity index (χ4n) is 3.02. The Morgan fingerprint density at radius 1 is 1.00 bits per heavy atom. The normalized spacial score (nSPS) is 16.5. The number of carbonyl (C=O) groups excluding carboxylic acids is 1. The zero-order chi connectivity index (χ0) is 16.5. The van der Waals surface area contributed by atoms with Crippen LogP contribution in [-0.2, 0) is 0 Å². The maximum Gasteiger partial charge on any atom is 0.255 e. The van der Waals surface area contributed by atoms with Gasteiger partial charge in [-0.05, 0) is 36.4 Å². The summed E-state index contributed by atoms with van der Waals surface area (Å²) in [5.41, 5.74) is 2.28. The summed E-state index contributed by atoms with van der Waals surface area (Å²) in [4.78, 5) is 14.5. The largest absolute Gasteiger partial charge is 0.495 e. The van der Waals surface area contributed by atoms with Crippen molar-refractivity contribution in [1.82, 2.24) is 5.32 Å². The lowest BCUT2D eigenvalue weighted by molar-refractivity contribution is 0.0924. The molecule has 2 heterocycles. The second kappa shape index (κ2) is 5.77. The van der Waals surface area contributed by atoms with Crippen molar-refractivity contribution in [3.63, 3.8) is 0 Å². The predicted octanol–water partition coefficient (Wildman–Crippen LogP) is 3.87. The number of methoxy groups -OCH3 is 1. The molecule has 5 nitrogen and oxygen atoms in total. The fourth-order valence-corrected chi connectivity index (χ4v) is 3.02. The van der Waals surface area contributed by atoms with Gasteiger partial charge in [0, 0.05) is 0 Å². The van der Waals surface area contributed by atoms with Gasteiger partial charge in [0.25, 0.3) is 5.91 Å². The van der Waals surface area contributed by atoms with E-state index < -0.39 is 6.17 Å². The van der Waals surface area contributed by atoms with E-state index in [-0.39, 0.29) is 5.91 Å². The third-order valence-electron chi connectivity index (χ3n) is 4.09. The minimum Gasteiger partial charge on any atom is -0.495 e. The van der Waals surface area contributed by atoms with Crippen LogP contribution in [0.15, 0.2) is 71.3 Å². The van der Waals surface area contributed by atoms with Crippen LogP contribution in [0.1, 0.15) is 22.3 Å². The first-order valence-corrected chi connectivity index (χ1v) is 7.65. The average molecular weight is 320 g/mol. The van der Waals surface area contributed by atoms with Crippen molar-refractivity contribution < 1.29 is 13.9 Å². The van der Waals surface area contributed by atoms with Crippen LogP contribution in [0.5, 0.6) is 5.75 Å².